The molecule has 19 heavy (non-hydrogen) atoms. The van der Waals surface area contributed by atoms with Crippen LogP contribution in [0.3, 0.4) is 0 Å². The molecule has 1 aromatic carbocycles. The minimum absolute atomic E-state index is 0.165. The van der Waals surface area contributed by atoms with E-state index in [1.165, 1.54) is 11.8 Å². The van der Waals surface area contributed by atoms with Gasteiger partial charge in [0.15, 0.2) is 5.16 Å². The molecule has 5 heteroatoms. The van der Waals surface area contributed by atoms with E-state index >= 15 is 0 Å². The van der Waals surface area contributed by atoms with Gasteiger partial charge in [0.2, 0.25) is 5.88 Å². The number of benzene rings is 1. The average Bonchev–Trinajstić information content (AvgIpc) is 2.40. The van der Waals surface area contributed by atoms with Gasteiger partial charge in [-0.15, -0.1) is 0 Å². The Morgan fingerprint density at radius 2 is 2.05 bits per heavy atom. The van der Waals surface area contributed by atoms with E-state index in [-0.39, 0.29) is 11.4 Å². The van der Waals surface area contributed by atoms with Crippen LogP contribution in [0.1, 0.15) is 18.1 Å². The Kier molecular flexibility index (Phi) is 3.95. The summed E-state index contributed by atoms with van der Waals surface area (Å²) in [5, 5.41) is 10.3. The maximum absolute atomic E-state index is 12.5. The lowest BCUT2D eigenvalue weighted by molar-refractivity contribution is 0.432. The Labute approximate surface area is 116 Å². The largest absolute Gasteiger partial charge is 0.493 e. The summed E-state index contributed by atoms with van der Waals surface area (Å²) < 4.78 is 1.57. The lowest BCUT2D eigenvalue weighted by Crippen LogP contribution is -2.25. The molecule has 1 N–H and O–H groups in total. The van der Waals surface area contributed by atoms with Crippen molar-refractivity contribution in [3.8, 4) is 11.6 Å². The molecule has 0 aliphatic carbocycles. The van der Waals surface area contributed by atoms with E-state index in [0.29, 0.717) is 17.1 Å². The van der Waals surface area contributed by atoms with Gasteiger partial charge in [-0.05, 0) is 31.2 Å². The van der Waals surface area contributed by atoms with Crippen LogP contribution in [-0.4, -0.2) is 20.9 Å². The van der Waals surface area contributed by atoms with Crippen molar-refractivity contribution in [3.05, 3.63) is 45.7 Å². The molecular formula is C14H16N2O2S. The van der Waals surface area contributed by atoms with Crippen molar-refractivity contribution in [2.24, 2.45) is 0 Å². The lowest BCUT2D eigenvalue weighted by Gasteiger charge is -2.14. The molecule has 0 unspecified atom stereocenters. The third kappa shape index (κ3) is 2.38. The van der Waals surface area contributed by atoms with Gasteiger partial charge in [-0.3, -0.25) is 9.36 Å². The number of rotatable bonds is 3. The normalized spacial score (nSPS) is 10.7. The minimum atomic E-state index is -0.200. The molecule has 100 valence electrons. The first-order valence-corrected chi connectivity index (χ1v) is 7.27. The first kappa shape index (κ1) is 13.7. The molecule has 4 nitrogen and oxygen atoms in total. The Morgan fingerprint density at radius 3 is 2.63 bits per heavy atom. The van der Waals surface area contributed by atoms with E-state index in [0.717, 1.165) is 11.3 Å². The average molecular weight is 276 g/mol. The topological polar surface area (TPSA) is 55.1 Å². The summed E-state index contributed by atoms with van der Waals surface area (Å²) >= 11 is 1.34. The first-order valence-electron chi connectivity index (χ1n) is 6.05. The zero-order chi connectivity index (χ0) is 14.0. The molecule has 0 saturated heterocycles. The molecule has 2 aromatic rings. The maximum atomic E-state index is 12.5. The predicted molar refractivity (Wildman–Crippen MR) is 77.4 cm³/mol. The molecule has 1 heterocycles. The van der Waals surface area contributed by atoms with Crippen LogP contribution in [0.5, 0.6) is 5.88 Å². The third-order valence-electron chi connectivity index (χ3n) is 3.02. The van der Waals surface area contributed by atoms with E-state index < -0.39 is 0 Å². The fraction of sp³-hybridized carbons (Fsp3) is 0.286. The van der Waals surface area contributed by atoms with Crippen molar-refractivity contribution in [1.82, 2.24) is 9.55 Å². The Balaban J connectivity index is 2.83. The van der Waals surface area contributed by atoms with Crippen LogP contribution in [0.25, 0.3) is 5.69 Å². The quantitative estimate of drug-likeness (QED) is 0.691. The lowest BCUT2D eigenvalue weighted by atomic mass is 10.2. The van der Waals surface area contributed by atoms with E-state index in [1.54, 1.807) is 4.57 Å². The molecule has 0 bridgehead atoms. The molecule has 0 spiro atoms. The Morgan fingerprint density at radius 1 is 1.37 bits per heavy atom. The molecular weight excluding hydrogens is 260 g/mol. The highest BCUT2D eigenvalue weighted by molar-refractivity contribution is 7.98. The molecule has 2 rings (SSSR count). The Bertz CT molecular complexity index is 665. The standard InChI is InChI=1S/C14H16N2O2S/c1-4-10-12(17)15-14(19-3)16(13(10)18)11-8-6-5-7-9(11)2/h5-8,17H,4H2,1-3H3. The fourth-order valence-electron chi connectivity index (χ4n) is 2.00. The van der Waals surface area contributed by atoms with Crippen LogP contribution in [0.4, 0.5) is 0 Å². The first-order chi connectivity index (χ1) is 9.10. The zero-order valence-corrected chi connectivity index (χ0v) is 12.0. The van der Waals surface area contributed by atoms with Gasteiger partial charge < -0.3 is 5.11 Å². The molecule has 0 atom stereocenters. The van der Waals surface area contributed by atoms with Crippen LogP contribution in [0.2, 0.25) is 0 Å². The van der Waals surface area contributed by atoms with Gasteiger partial charge in [0.05, 0.1) is 11.3 Å². The van der Waals surface area contributed by atoms with Crippen LogP contribution in [-0.2, 0) is 6.42 Å². The Hall–Kier alpha value is -1.75. The van der Waals surface area contributed by atoms with Gasteiger partial charge in [0.25, 0.3) is 5.56 Å². The number of nitrogens with zero attached hydrogens (tertiary/aromatic N) is 2. The van der Waals surface area contributed by atoms with Gasteiger partial charge in [0.1, 0.15) is 0 Å². The summed E-state index contributed by atoms with van der Waals surface area (Å²) in [5.74, 6) is -0.165. The highest BCUT2D eigenvalue weighted by Crippen LogP contribution is 2.22. The van der Waals surface area contributed by atoms with Gasteiger partial charge >= 0.3 is 0 Å². The monoisotopic (exact) mass is 276 g/mol. The number of aryl methyl sites for hydroxylation is 1. The van der Waals surface area contributed by atoms with E-state index in [4.69, 9.17) is 0 Å². The molecule has 0 radical (unpaired) electrons. The summed E-state index contributed by atoms with van der Waals surface area (Å²) in [6.07, 6.45) is 2.29. The van der Waals surface area contributed by atoms with Gasteiger partial charge in [-0.2, -0.15) is 4.98 Å². The number of thioether (sulfide) groups is 1. The van der Waals surface area contributed by atoms with Crippen molar-refractivity contribution in [2.45, 2.75) is 25.4 Å². The molecule has 0 saturated carbocycles. The summed E-state index contributed by atoms with van der Waals surface area (Å²) in [5.41, 5.74) is 1.95. The third-order valence-corrected chi connectivity index (χ3v) is 3.66. The predicted octanol–water partition coefficient (Wildman–Crippen LogP) is 2.53. The van der Waals surface area contributed by atoms with Gasteiger partial charge in [-0.1, -0.05) is 36.9 Å². The SMILES string of the molecule is CCc1c(O)nc(SC)n(-c2ccccc2C)c1=O. The van der Waals surface area contributed by atoms with Crippen molar-refractivity contribution in [1.29, 1.82) is 0 Å². The van der Waals surface area contributed by atoms with Gasteiger partial charge in [-0.25, -0.2) is 0 Å². The summed E-state index contributed by atoms with van der Waals surface area (Å²) in [4.78, 5) is 16.6. The number of aromatic nitrogens is 2. The fourth-order valence-corrected chi connectivity index (χ4v) is 2.54. The summed E-state index contributed by atoms with van der Waals surface area (Å²) in [7, 11) is 0. The van der Waals surface area contributed by atoms with Crippen molar-refractivity contribution in [2.75, 3.05) is 6.26 Å². The van der Waals surface area contributed by atoms with Crippen molar-refractivity contribution < 1.29 is 5.11 Å². The zero-order valence-electron chi connectivity index (χ0n) is 11.2. The molecule has 0 amide bonds. The highest BCUT2D eigenvalue weighted by atomic mass is 32.2. The van der Waals surface area contributed by atoms with Crippen molar-refractivity contribution in [3.63, 3.8) is 0 Å². The van der Waals surface area contributed by atoms with Crippen LogP contribution < -0.4 is 5.56 Å². The smallest absolute Gasteiger partial charge is 0.265 e. The van der Waals surface area contributed by atoms with Crippen LogP contribution in [0, 0.1) is 6.92 Å². The second kappa shape index (κ2) is 5.48. The molecule has 0 aliphatic rings. The minimum Gasteiger partial charge on any atom is -0.493 e. The number of para-hydroxylation sites is 1. The summed E-state index contributed by atoms with van der Waals surface area (Å²) in [6.45, 7) is 3.78. The van der Waals surface area contributed by atoms with E-state index in [9.17, 15) is 9.90 Å². The summed E-state index contributed by atoms with van der Waals surface area (Å²) in [6, 6.07) is 7.65. The highest BCUT2D eigenvalue weighted by Gasteiger charge is 2.16. The van der Waals surface area contributed by atoms with Gasteiger partial charge in [0, 0.05) is 0 Å². The number of hydrogen-bond donors (Lipinski definition) is 1. The molecule has 0 fully saturated rings. The van der Waals surface area contributed by atoms with Crippen LogP contribution >= 0.6 is 11.8 Å². The number of aromatic hydroxyl groups is 1. The molecule has 0 aliphatic heterocycles. The second-order valence-electron chi connectivity index (χ2n) is 4.18. The van der Waals surface area contributed by atoms with E-state index in [1.807, 2.05) is 44.4 Å². The maximum Gasteiger partial charge on any atom is 0.265 e. The van der Waals surface area contributed by atoms with E-state index in [2.05, 4.69) is 4.98 Å². The second-order valence-corrected chi connectivity index (χ2v) is 4.95. The van der Waals surface area contributed by atoms with Crippen molar-refractivity contribution >= 4 is 11.8 Å². The van der Waals surface area contributed by atoms with Crippen LogP contribution in [0.15, 0.2) is 34.2 Å². The molecule has 1 aromatic heterocycles. The number of hydrogen-bond acceptors (Lipinski definition) is 4.